The van der Waals surface area contributed by atoms with Crippen molar-refractivity contribution in [3.05, 3.63) is 158 Å². The van der Waals surface area contributed by atoms with Crippen LogP contribution in [0.25, 0.3) is 16.0 Å². The van der Waals surface area contributed by atoms with Crippen molar-refractivity contribution >= 4 is 29.1 Å². The number of piperazine rings is 1. The first-order chi connectivity index (χ1) is 27.1. The lowest BCUT2D eigenvalue weighted by atomic mass is 9.93. The van der Waals surface area contributed by atoms with Gasteiger partial charge in [0, 0.05) is 43.0 Å². The van der Waals surface area contributed by atoms with E-state index < -0.39 is 5.97 Å². The summed E-state index contributed by atoms with van der Waals surface area (Å²) in [7, 11) is 0. The third-order valence-electron chi connectivity index (χ3n) is 9.00. The van der Waals surface area contributed by atoms with Gasteiger partial charge in [-0.15, -0.1) is 0 Å². The minimum Gasteiger partial charge on any atom is -0.478 e. The van der Waals surface area contributed by atoms with Gasteiger partial charge in [0.05, 0.1) is 48.1 Å². The molecule has 2 aromatic carbocycles. The summed E-state index contributed by atoms with van der Waals surface area (Å²) in [4.78, 5) is 31.1. The molecule has 1 saturated heterocycles. The number of amides is 1. The van der Waals surface area contributed by atoms with Crippen molar-refractivity contribution in [1.82, 2.24) is 9.80 Å². The van der Waals surface area contributed by atoms with Gasteiger partial charge in [0.1, 0.15) is 11.6 Å². The highest BCUT2D eigenvalue weighted by Gasteiger charge is 2.28. The van der Waals surface area contributed by atoms with Crippen LogP contribution in [0.4, 0.5) is 4.79 Å². The Morgan fingerprint density at radius 3 is 2.09 bits per heavy atom. The molecule has 0 spiro atoms. The molecule has 12 heteroatoms. The average molecular weight is 741 g/mol. The van der Waals surface area contributed by atoms with E-state index in [0.717, 1.165) is 22.4 Å². The molecular weight excluding hydrogens is 705 g/mol. The van der Waals surface area contributed by atoms with Crippen LogP contribution in [0.3, 0.4) is 0 Å². The highest BCUT2D eigenvalue weighted by atomic mass is 16.6. The maximum atomic E-state index is 12.5. The van der Waals surface area contributed by atoms with Gasteiger partial charge in [-0.3, -0.25) is 5.41 Å². The molecule has 1 fully saturated rings. The lowest BCUT2D eigenvalue weighted by molar-refractivity contribution is 0.0696. The Bertz CT molecular complexity index is 2360. The van der Waals surface area contributed by atoms with Crippen LogP contribution in [0.2, 0.25) is 0 Å². The summed E-state index contributed by atoms with van der Waals surface area (Å²) < 4.78 is 5.20. The topological polar surface area (TPSA) is 193 Å². The fourth-order valence-corrected chi connectivity index (χ4v) is 6.28. The van der Waals surface area contributed by atoms with Gasteiger partial charge in [0.2, 0.25) is 0 Å². The number of nitrogens with zero attached hydrogens (tertiary/aromatic N) is 7. The number of aryl methyl sites for hydroxylation is 1. The van der Waals surface area contributed by atoms with E-state index in [1.54, 1.807) is 42.2 Å². The molecule has 0 unspecified atom stereocenters. The van der Waals surface area contributed by atoms with Crippen LogP contribution >= 0.6 is 0 Å². The van der Waals surface area contributed by atoms with E-state index in [2.05, 4.69) is 27.8 Å². The maximum absolute atomic E-state index is 12.5. The van der Waals surface area contributed by atoms with Crippen LogP contribution in [0, 0.1) is 64.2 Å². The summed E-state index contributed by atoms with van der Waals surface area (Å²) in [5.74, 6) is 0.955. The number of hydrogen-bond donors (Lipinski definition) is 2. The first-order valence-electron chi connectivity index (χ1n) is 17.5. The largest absolute Gasteiger partial charge is 0.478 e. The molecule has 2 N–H and O–H groups in total. The Labute approximate surface area is 325 Å². The number of nitrogens with one attached hydrogen (secondary N) is 1. The molecular formula is C44H36N8O4. The van der Waals surface area contributed by atoms with Crippen molar-refractivity contribution in [2.24, 2.45) is 0 Å². The normalized spacial score (nSPS) is 15.9. The first-order valence-corrected chi connectivity index (χ1v) is 17.5. The molecule has 1 amide bonds. The third-order valence-corrected chi connectivity index (χ3v) is 9.00. The maximum Gasteiger partial charge on any atom is 0.409 e. The number of ether oxygens (including phenoxy) is 1. The number of benzene rings is 2. The number of hydrogen-bond acceptors (Lipinski definition) is 9. The highest BCUT2D eigenvalue weighted by molar-refractivity contribution is 5.96. The van der Waals surface area contributed by atoms with Crippen molar-refractivity contribution in [2.75, 3.05) is 32.8 Å². The van der Waals surface area contributed by atoms with Crippen LogP contribution < -0.4 is 0 Å². The smallest absolute Gasteiger partial charge is 0.409 e. The molecule has 2 aliphatic rings. The monoisotopic (exact) mass is 740 g/mol. The van der Waals surface area contributed by atoms with Gasteiger partial charge in [-0.2, -0.15) is 15.8 Å². The van der Waals surface area contributed by atoms with Crippen molar-refractivity contribution in [3.63, 3.8) is 0 Å². The molecule has 1 heterocycles. The van der Waals surface area contributed by atoms with Crippen LogP contribution in [0.1, 0.15) is 46.8 Å². The average Bonchev–Trinajstić information content (AvgIpc) is 3.62. The van der Waals surface area contributed by atoms with E-state index >= 15 is 0 Å². The second-order valence-electron chi connectivity index (χ2n) is 12.4. The van der Waals surface area contributed by atoms with E-state index in [1.165, 1.54) is 30.3 Å². The summed E-state index contributed by atoms with van der Waals surface area (Å²) in [6, 6.07) is 21.0. The molecule has 0 atom stereocenters. The number of carboxylic acids is 1. The zero-order valence-electron chi connectivity index (χ0n) is 30.8. The number of carbonyl (C=O) groups excluding carboxylic acids is 1. The minimum absolute atomic E-state index is 0.0236. The lowest BCUT2D eigenvalue weighted by Gasteiger charge is -2.37. The van der Waals surface area contributed by atoms with Gasteiger partial charge < -0.3 is 19.6 Å². The fourth-order valence-electron chi connectivity index (χ4n) is 6.28. The van der Waals surface area contributed by atoms with Gasteiger partial charge >= 0.3 is 12.1 Å². The summed E-state index contributed by atoms with van der Waals surface area (Å²) in [6.07, 6.45) is 11.1. The van der Waals surface area contributed by atoms with E-state index in [0.29, 0.717) is 50.1 Å². The van der Waals surface area contributed by atoms with Gasteiger partial charge in [0.15, 0.2) is 0 Å². The molecule has 4 rings (SSSR count). The van der Waals surface area contributed by atoms with Crippen molar-refractivity contribution in [2.45, 2.75) is 26.7 Å². The number of carbonyl (C=O) groups is 2. The van der Waals surface area contributed by atoms with Gasteiger partial charge in [-0.05, 0) is 79.1 Å². The summed E-state index contributed by atoms with van der Waals surface area (Å²) in [6.45, 7) is 13.4. The van der Waals surface area contributed by atoms with Crippen molar-refractivity contribution in [1.29, 1.82) is 26.5 Å². The summed E-state index contributed by atoms with van der Waals surface area (Å²) >= 11 is 0. The molecule has 0 aromatic heterocycles. The molecule has 0 radical (unpaired) electrons. The Hall–Kier alpha value is -7.94. The molecule has 1 aliphatic heterocycles. The van der Waals surface area contributed by atoms with Gasteiger partial charge in [0.25, 0.3) is 5.70 Å². The first kappa shape index (κ1) is 40.8. The predicted octanol–water partition coefficient (Wildman–Crippen LogP) is 7.83. The SMILES string of the molecule is [C-]#[N+]/C(C#N)=C(/C(C#N)=C/C=C/C1=C(N2CCN(C(=O)OCC)CC2)C(=C/C=C/C(C#N)=C(/C(=C=N)C#N)c2ccc(C(=O)O)cc2)/CC1)c1ccc(C)cc1. The summed E-state index contributed by atoms with van der Waals surface area (Å²) in [5.41, 5.74) is 4.96. The van der Waals surface area contributed by atoms with Crippen LogP contribution in [0.15, 0.2) is 124 Å². The van der Waals surface area contributed by atoms with E-state index in [-0.39, 0.29) is 51.8 Å². The van der Waals surface area contributed by atoms with E-state index in [4.69, 9.17) is 16.7 Å². The zero-order chi connectivity index (χ0) is 40.6. The van der Waals surface area contributed by atoms with Crippen LogP contribution in [0.5, 0.6) is 0 Å². The number of carboxylic acid groups (broad SMARTS) is 1. The quantitative estimate of drug-likeness (QED) is 0.0999. The molecule has 0 bridgehead atoms. The Morgan fingerprint density at radius 1 is 0.893 bits per heavy atom. The van der Waals surface area contributed by atoms with E-state index in [1.807, 2.05) is 43.3 Å². The molecule has 1 aliphatic carbocycles. The zero-order valence-corrected chi connectivity index (χ0v) is 30.8. The second kappa shape index (κ2) is 19.8. The molecule has 56 heavy (non-hydrogen) atoms. The second-order valence-corrected chi connectivity index (χ2v) is 12.4. The van der Waals surface area contributed by atoms with Crippen LogP contribution in [-0.4, -0.2) is 65.6 Å². The molecule has 12 nitrogen and oxygen atoms in total. The number of nitriles is 4. The fraction of sp³-hybridized carbons (Fsp3) is 0.205. The number of rotatable bonds is 11. The predicted molar refractivity (Wildman–Crippen MR) is 210 cm³/mol. The third kappa shape index (κ3) is 9.73. The minimum atomic E-state index is -1.13. The molecule has 276 valence electrons. The van der Waals surface area contributed by atoms with Gasteiger partial charge in [-0.1, -0.05) is 66.3 Å². The van der Waals surface area contributed by atoms with E-state index in [9.17, 15) is 35.7 Å². The highest BCUT2D eigenvalue weighted by Crippen LogP contribution is 2.36. The Balaban J connectivity index is 1.79. The van der Waals surface area contributed by atoms with Crippen molar-refractivity contribution < 1.29 is 19.4 Å². The standard InChI is InChI=1S/C44H36N8O4/c1-4-56-44(55)52-23-21-51(22-24-52)42-33(7-5-9-36(25-45)40(38(27-47)28-48)31-15-19-35(20-16-31)43(53)54)17-18-34(42)8-6-10-37(26-46)41(39(29-49)50-3)32-13-11-30(2)12-14-32/h5-16,19-20,47H,4,17-18,21-24H2,1-2H3,(H,53,54)/b8-6+,9-5+,33-7+,37-10+,40-36-,41-39+. The molecule has 2 aromatic rings. The Kier molecular flexibility index (Phi) is 14.4. The Morgan fingerprint density at radius 2 is 1.54 bits per heavy atom. The van der Waals surface area contributed by atoms with Crippen molar-refractivity contribution in [3.8, 4) is 24.3 Å². The van der Waals surface area contributed by atoms with Crippen LogP contribution in [-0.2, 0) is 4.74 Å². The number of allylic oxidation sites excluding steroid dienone is 14. The molecule has 0 saturated carbocycles. The number of aromatic carboxylic acids is 1. The lowest BCUT2D eigenvalue weighted by Crippen LogP contribution is -2.48. The summed E-state index contributed by atoms with van der Waals surface area (Å²) in [5, 5.41) is 56.8. The van der Waals surface area contributed by atoms with Gasteiger partial charge in [-0.25, -0.2) is 19.7 Å².